The van der Waals surface area contributed by atoms with Gasteiger partial charge in [0.05, 0.1) is 5.39 Å². The van der Waals surface area contributed by atoms with Gasteiger partial charge in [-0.25, -0.2) is 4.98 Å². The molecule has 1 aliphatic carbocycles. The van der Waals surface area contributed by atoms with Gasteiger partial charge in [0.2, 0.25) is 5.91 Å². The van der Waals surface area contributed by atoms with Gasteiger partial charge in [0.25, 0.3) is 5.56 Å². The minimum atomic E-state index is -0.740. The van der Waals surface area contributed by atoms with Crippen molar-refractivity contribution in [3.05, 3.63) is 45.2 Å². The summed E-state index contributed by atoms with van der Waals surface area (Å²) in [6.45, 7) is 1.84. The molecule has 3 heterocycles. The maximum atomic E-state index is 13.5. The number of rotatable bonds is 4. The Morgan fingerprint density at radius 1 is 1.35 bits per heavy atom. The lowest BCUT2D eigenvalue weighted by molar-refractivity contribution is -0.121. The summed E-state index contributed by atoms with van der Waals surface area (Å²) in [7, 11) is 0. The predicted molar refractivity (Wildman–Crippen MR) is 102 cm³/mol. The monoisotopic (exact) mass is 368 g/mol. The number of primary amides is 1. The Kier molecular flexibility index (Phi) is 4.32. The Balaban J connectivity index is 2.09. The number of thiophene rings is 1. The van der Waals surface area contributed by atoms with Gasteiger partial charge in [-0.2, -0.15) is 0 Å². The van der Waals surface area contributed by atoms with Crippen LogP contribution in [0, 0.1) is 0 Å². The van der Waals surface area contributed by atoms with Crippen molar-refractivity contribution in [2.24, 2.45) is 5.73 Å². The van der Waals surface area contributed by atoms with Crippen LogP contribution in [-0.4, -0.2) is 20.4 Å². The standard InChI is InChI=1S/C19H20N4O2S/c1-2-13(16(20)24)23-17(12-8-5-6-10-21-12)22-18-15(19(23)25)11-7-3-4-9-14(11)26-18/h5-6,8,10,13H,2-4,7,9H2,1H3,(H2,20,24). The lowest BCUT2D eigenvalue weighted by Crippen LogP contribution is -2.35. The van der Waals surface area contributed by atoms with E-state index in [1.807, 2.05) is 13.0 Å². The lowest BCUT2D eigenvalue weighted by atomic mass is 9.97. The molecule has 1 atom stereocenters. The third-order valence-electron chi connectivity index (χ3n) is 4.94. The number of hydrogen-bond donors (Lipinski definition) is 1. The van der Waals surface area contributed by atoms with Gasteiger partial charge in [0.15, 0.2) is 5.82 Å². The maximum absolute atomic E-state index is 13.5. The van der Waals surface area contributed by atoms with Gasteiger partial charge < -0.3 is 5.73 Å². The van der Waals surface area contributed by atoms with Gasteiger partial charge in [-0.05, 0) is 49.8 Å². The van der Waals surface area contributed by atoms with Crippen molar-refractivity contribution in [1.29, 1.82) is 0 Å². The van der Waals surface area contributed by atoms with Crippen LogP contribution in [0.25, 0.3) is 21.7 Å². The third kappa shape index (κ3) is 2.63. The summed E-state index contributed by atoms with van der Waals surface area (Å²) in [4.78, 5) is 36.6. The summed E-state index contributed by atoms with van der Waals surface area (Å²) in [5.41, 5.74) is 7.10. The van der Waals surface area contributed by atoms with E-state index in [4.69, 9.17) is 10.7 Å². The number of nitrogens with two attached hydrogens (primary N) is 1. The predicted octanol–water partition coefficient (Wildman–Crippen LogP) is 2.84. The zero-order chi connectivity index (χ0) is 18.3. The van der Waals surface area contributed by atoms with Crippen LogP contribution in [0.2, 0.25) is 0 Å². The molecule has 2 N–H and O–H groups in total. The van der Waals surface area contributed by atoms with Crippen LogP contribution in [0.15, 0.2) is 29.2 Å². The summed E-state index contributed by atoms with van der Waals surface area (Å²) in [6.07, 6.45) is 6.17. The van der Waals surface area contributed by atoms with Crippen LogP contribution >= 0.6 is 11.3 Å². The second-order valence-corrected chi connectivity index (χ2v) is 7.63. The van der Waals surface area contributed by atoms with Crippen LogP contribution in [-0.2, 0) is 17.6 Å². The smallest absolute Gasteiger partial charge is 0.263 e. The highest BCUT2D eigenvalue weighted by Crippen LogP contribution is 2.35. The molecule has 4 rings (SSSR count). The molecule has 3 aromatic rings. The normalized spacial score (nSPS) is 15.0. The first kappa shape index (κ1) is 16.9. The Bertz CT molecular complexity index is 1040. The Labute approximate surface area is 154 Å². The van der Waals surface area contributed by atoms with Crippen LogP contribution in [0.3, 0.4) is 0 Å². The number of carbonyl (C=O) groups excluding carboxylic acids is 1. The second-order valence-electron chi connectivity index (χ2n) is 6.54. The molecule has 0 fully saturated rings. The summed E-state index contributed by atoms with van der Waals surface area (Å²) in [5, 5.41) is 0.657. The van der Waals surface area contributed by atoms with Crippen molar-refractivity contribution in [3.63, 3.8) is 0 Å². The molecule has 0 spiro atoms. The molecule has 26 heavy (non-hydrogen) atoms. The third-order valence-corrected chi connectivity index (χ3v) is 6.13. The minimum Gasteiger partial charge on any atom is -0.368 e. The van der Waals surface area contributed by atoms with E-state index >= 15 is 0 Å². The molecule has 0 saturated carbocycles. The Morgan fingerprint density at radius 2 is 2.15 bits per heavy atom. The molecular weight excluding hydrogens is 348 g/mol. The molecule has 0 bridgehead atoms. The van der Waals surface area contributed by atoms with E-state index in [1.165, 1.54) is 9.44 Å². The van der Waals surface area contributed by atoms with Crippen molar-refractivity contribution in [1.82, 2.24) is 14.5 Å². The molecule has 0 radical (unpaired) electrons. The molecule has 0 saturated heterocycles. The Morgan fingerprint density at radius 3 is 2.85 bits per heavy atom. The number of nitrogens with zero attached hydrogens (tertiary/aromatic N) is 3. The number of aromatic nitrogens is 3. The molecule has 6 nitrogen and oxygen atoms in total. The number of fused-ring (bicyclic) bond motifs is 3. The number of amides is 1. The second kappa shape index (κ2) is 6.64. The molecular formula is C19H20N4O2S. The van der Waals surface area contributed by atoms with Crippen LogP contribution in [0.1, 0.15) is 42.7 Å². The molecule has 7 heteroatoms. The van der Waals surface area contributed by atoms with E-state index < -0.39 is 11.9 Å². The summed E-state index contributed by atoms with van der Waals surface area (Å²) < 4.78 is 1.45. The quantitative estimate of drug-likeness (QED) is 0.766. The topological polar surface area (TPSA) is 90.9 Å². The van der Waals surface area contributed by atoms with Gasteiger partial charge in [0.1, 0.15) is 16.6 Å². The number of aryl methyl sites for hydroxylation is 2. The molecule has 1 amide bonds. The van der Waals surface area contributed by atoms with Crippen molar-refractivity contribution in [2.75, 3.05) is 0 Å². The van der Waals surface area contributed by atoms with Crippen molar-refractivity contribution in [2.45, 2.75) is 45.1 Å². The van der Waals surface area contributed by atoms with Gasteiger partial charge in [-0.1, -0.05) is 13.0 Å². The molecule has 0 aromatic carbocycles. The van der Waals surface area contributed by atoms with Gasteiger partial charge in [-0.3, -0.25) is 19.1 Å². The number of pyridine rings is 1. The molecule has 0 aliphatic heterocycles. The van der Waals surface area contributed by atoms with E-state index in [9.17, 15) is 9.59 Å². The van der Waals surface area contributed by atoms with Crippen molar-refractivity contribution in [3.8, 4) is 11.5 Å². The van der Waals surface area contributed by atoms with E-state index in [0.29, 0.717) is 23.3 Å². The van der Waals surface area contributed by atoms with Crippen molar-refractivity contribution < 1.29 is 4.79 Å². The highest BCUT2D eigenvalue weighted by atomic mass is 32.1. The largest absolute Gasteiger partial charge is 0.368 e. The summed E-state index contributed by atoms with van der Waals surface area (Å²) in [6, 6.07) is 4.70. The Hall–Kier alpha value is -2.54. The van der Waals surface area contributed by atoms with Gasteiger partial charge >= 0.3 is 0 Å². The van der Waals surface area contributed by atoms with E-state index in [2.05, 4.69) is 4.98 Å². The summed E-state index contributed by atoms with van der Waals surface area (Å²) >= 11 is 1.59. The molecule has 134 valence electrons. The first-order valence-electron chi connectivity index (χ1n) is 8.89. The zero-order valence-corrected chi connectivity index (χ0v) is 15.4. The van der Waals surface area contributed by atoms with Crippen LogP contribution in [0.4, 0.5) is 0 Å². The van der Waals surface area contributed by atoms with Crippen LogP contribution in [0.5, 0.6) is 0 Å². The lowest BCUT2D eigenvalue weighted by Gasteiger charge is -2.19. The van der Waals surface area contributed by atoms with E-state index in [-0.39, 0.29) is 5.56 Å². The van der Waals surface area contributed by atoms with Gasteiger partial charge in [0, 0.05) is 11.1 Å². The molecule has 1 aliphatic rings. The van der Waals surface area contributed by atoms with E-state index in [0.717, 1.165) is 36.1 Å². The minimum absolute atomic E-state index is 0.180. The maximum Gasteiger partial charge on any atom is 0.263 e. The fourth-order valence-electron chi connectivity index (χ4n) is 3.69. The first-order valence-corrected chi connectivity index (χ1v) is 9.71. The van der Waals surface area contributed by atoms with Crippen LogP contribution < -0.4 is 11.3 Å². The van der Waals surface area contributed by atoms with Gasteiger partial charge in [-0.15, -0.1) is 11.3 Å². The fraction of sp³-hybridized carbons (Fsp3) is 0.368. The zero-order valence-electron chi connectivity index (χ0n) is 14.6. The summed E-state index contributed by atoms with van der Waals surface area (Å²) in [5.74, 6) is -0.121. The highest BCUT2D eigenvalue weighted by molar-refractivity contribution is 7.18. The van der Waals surface area contributed by atoms with E-state index in [1.54, 1.807) is 29.7 Å². The average molecular weight is 368 g/mol. The van der Waals surface area contributed by atoms with Crippen molar-refractivity contribution >= 4 is 27.5 Å². The molecule has 1 unspecified atom stereocenters. The molecule has 3 aromatic heterocycles. The highest BCUT2D eigenvalue weighted by Gasteiger charge is 2.27. The first-order chi connectivity index (χ1) is 12.6. The number of carbonyl (C=O) groups is 1. The average Bonchev–Trinajstić information content (AvgIpc) is 3.03. The SMILES string of the molecule is CCC(C(N)=O)n1c(-c2ccccn2)nc2sc3c(c2c1=O)CCCC3. The number of hydrogen-bond acceptors (Lipinski definition) is 5. The fourth-order valence-corrected chi connectivity index (χ4v) is 4.95.